The number of phosphoric acid groups is 1. The third-order valence-electron chi connectivity index (χ3n) is 7.37. The zero-order chi connectivity index (χ0) is 39.1. The summed E-state index contributed by atoms with van der Waals surface area (Å²) in [5.41, 5.74) is 0. The number of aliphatic hydroxyl groups excluding tert-OH is 1. The molecule has 0 aliphatic heterocycles. The Morgan fingerprint density at radius 2 is 1.15 bits per heavy atom. The zero-order valence-electron chi connectivity index (χ0n) is 32.2. The molecule has 0 bridgehead atoms. The van der Waals surface area contributed by atoms with E-state index in [4.69, 9.17) is 19.3 Å². The molecule has 0 aromatic rings. The van der Waals surface area contributed by atoms with Gasteiger partial charge in [-0.25, -0.2) is 4.57 Å². The summed E-state index contributed by atoms with van der Waals surface area (Å²) in [7, 11) is -4.79. The molecule has 0 aliphatic rings. The van der Waals surface area contributed by atoms with Gasteiger partial charge in [-0.05, 0) is 83.5 Å². The van der Waals surface area contributed by atoms with Gasteiger partial charge in [0.15, 0.2) is 6.10 Å². The predicted molar refractivity (Wildman–Crippen MR) is 217 cm³/mol. The van der Waals surface area contributed by atoms with Crippen LogP contribution >= 0.6 is 7.82 Å². The van der Waals surface area contributed by atoms with E-state index in [1.165, 1.54) is 19.3 Å². The normalized spacial score (nSPS) is 14.3. The van der Waals surface area contributed by atoms with Crippen molar-refractivity contribution in [2.45, 2.75) is 135 Å². The Kier molecular flexibility index (Phi) is 34.7. The molecule has 2 atom stereocenters. The van der Waals surface area contributed by atoms with E-state index in [-0.39, 0.29) is 19.4 Å². The van der Waals surface area contributed by atoms with E-state index < -0.39 is 38.6 Å². The van der Waals surface area contributed by atoms with Crippen molar-refractivity contribution >= 4 is 19.8 Å². The summed E-state index contributed by atoms with van der Waals surface area (Å²) in [6, 6.07) is 0. The van der Waals surface area contributed by atoms with Crippen LogP contribution < -0.4 is 0 Å². The number of rotatable bonds is 33. The molecular weight excluding hydrogens is 691 g/mol. The first kappa shape index (κ1) is 49.7. The lowest BCUT2D eigenvalue weighted by Gasteiger charge is -2.18. The number of phosphoric ester groups is 1. The fourth-order valence-electron chi connectivity index (χ4n) is 4.49. The fraction of sp³-hybridized carbons (Fsp3) is 0.535. The summed E-state index contributed by atoms with van der Waals surface area (Å²) >= 11 is 0. The Balaban J connectivity index is 4.23. The fourth-order valence-corrected chi connectivity index (χ4v) is 4.85. The first-order valence-electron chi connectivity index (χ1n) is 19.3. The molecule has 0 fully saturated rings. The highest BCUT2D eigenvalue weighted by atomic mass is 31.2. The monoisotopic (exact) mass is 758 g/mol. The van der Waals surface area contributed by atoms with Crippen LogP contribution in [0.4, 0.5) is 0 Å². The van der Waals surface area contributed by atoms with Crippen molar-refractivity contribution in [1.82, 2.24) is 0 Å². The summed E-state index contributed by atoms with van der Waals surface area (Å²) in [6.07, 6.45) is 48.7. The molecule has 0 aromatic carbocycles. The van der Waals surface area contributed by atoms with Gasteiger partial charge in [0.25, 0.3) is 0 Å². The quantitative estimate of drug-likeness (QED) is 0.0196. The van der Waals surface area contributed by atoms with Gasteiger partial charge in [0.05, 0.1) is 12.7 Å². The van der Waals surface area contributed by atoms with Crippen LogP contribution in [0.3, 0.4) is 0 Å². The molecule has 0 rings (SSSR count). The Bertz CT molecular complexity index is 1230. The van der Waals surface area contributed by atoms with Gasteiger partial charge in [0, 0.05) is 12.8 Å². The van der Waals surface area contributed by atoms with Gasteiger partial charge in [-0.15, -0.1) is 0 Å². The summed E-state index contributed by atoms with van der Waals surface area (Å²) < 4.78 is 26.2. The van der Waals surface area contributed by atoms with Crippen molar-refractivity contribution < 1.29 is 43.0 Å². The molecule has 0 spiro atoms. The van der Waals surface area contributed by atoms with Crippen LogP contribution in [0.2, 0.25) is 0 Å². The Morgan fingerprint density at radius 1 is 0.604 bits per heavy atom. The van der Waals surface area contributed by atoms with Gasteiger partial charge >= 0.3 is 19.8 Å². The van der Waals surface area contributed by atoms with Crippen LogP contribution in [0.15, 0.2) is 109 Å². The average molecular weight is 759 g/mol. The molecule has 9 nitrogen and oxygen atoms in total. The second-order valence-corrected chi connectivity index (χ2v) is 13.6. The Labute approximate surface area is 319 Å². The van der Waals surface area contributed by atoms with E-state index in [2.05, 4.69) is 73.1 Å². The SMILES string of the molecule is CC/C=C\CC(O)/C=C/C=C/C/C=C\C/C=C\C/C=C\CCC(=O)OC[C@H](COP(=O)(O)O)OC(=O)CCCC/C=C\C/C=C\C/C=C\CCCCC. The smallest absolute Gasteiger partial charge is 0.462 e. The number of esters is 2. The van der Waals surface area contributed by atoms with E-state index in [9.17, 15) is 19.3 Å². The average Bonchev–Trinajstić information content (AvgIpc) is 3.12. The summed E-state index contributed by atoms with van der Waals surface area (Å²) in [5, 5.41) is 9.81. The molecule has 0 aliphatic carbocycles. The maximum atomic E-state index is 12.3. The third-order valence-corrected chi connectivity index (χ3v) is 7.85. The van der Waals surface area contributed by atoms with E-state index in [0.29, 0.717) is 19.3 Å². The highest BCUT2D eigenvalue weighted by Crippen LogP contribution is 2.35. The van der Waals surface area contributed by atoms with Gasteiger partial charge in [-0.2, -0.15) is 0 Å². The van der Waals surface area contributed by atoms with Gasteiger partial charge < -0.3 is 24.4 Å². The highest BCUT2D eigenvalue weighted by Gasteiger charge is 2.22. The number of carbonyl (C=O) groups is 2. The molecule has 0 amide bonds. The first-order chi connectivity index (χ1) is 25.7. The van der Waals surface area contributed by atoms with Gasteiger partial charge in [0.2, 0.25) is 0 Å². The molecule has 53 heavy (non-hydrogen) atoms. The van der Waals surface area contributed by atoms with Crippen LogP contribution in [0.1, 0.15) is 123 Å². The summed E-state index contributed by atoms with van der Waals surface area (Å²) in [5.74, 6) is -1.06. The molecule has 0 aromatic heterocycles. The summed E-state index contributed by atoms with van der Waals surface area (Å²) in [6.45, 7) is 3.32. The zero-order valence-corrected chi connectivity index (χ0v) is 33.1. The van der Waals surface area contributed by atoms with Crippen LogP contribution in [0.5, 0.6) is 0 Å². The van der Waals surface area contributed by atoms with Crippen molar-refractivity contribution in [1.29, 1.82) is 0 Å². The standard InChI is InChI=1S/C43H67O9P/c1-3-5-7-8-9-10-11-12-13-16-20-23-26-29-33-37-43(46)52-41(39-51-53(47,48)49)38-50-42(45)36-32-28-25-22-19-17-14-15-18-21-24-27-31-35-40(44)34-30-6-4-2/h6,9-10,12-13,15,17-20,23-25,27-28,30-31,35,40-41,44H,3-5,7-8,11,14,16,21-22,26,29,32-34,36-39H2,1-2H3,(H2,47,48,49)/b10-9-,13-12-,18-15-,19-17-,23-20-,27-24+,28-25-,30-6-,35-31+/t40?,41-/m1/s1. The number of unbranched alkanes of at least 4 members (excludes halogenated alkanes) is 5. The van der Waals surface area contributed by atoms with Crippen LogP contribution in [0.25, 0.3) is 0 Å². The number of hydrogen-bond donors (Lipinski definition) is 3. The second-order valence-electron chi connectivity index (χ2n) is 12.4. The van der Waals surface area contributed by atoms with E-state index in [1.54, 1.807) is 6.08 Å². The van der Waals surface area contributed by atoms with Crippen molar-refractivity contribution in [2.75, 3.05) is 13.2 Å². The number of aliphatic hydroxyl groups is 1. The largest absolute Gasteiger partial charge is 0.469 e. The molecule has 1 unspecified atom stereocenters. The molecule has 3 N–H and O–H groups in total. The Morgan fingerprint density at radius 3 is 1.72 bits per heavy atom. The maximum absolute atomic E-state index is 12.3. The lowest BCUT2D eigenvalue weighted by Crippen LogP contribution is -2.29. The van der Waals surface area contributed by atoms with Crippen molar-refractivity contribution in [3.05, 3.63) is 109 Å². The van der Waals surface area contributed by atoms with Crippen LogP contribution in [-0.2, 0) is 28.2 Å². The Hall–Kier alpha value is -3.33. The number of ether oxygens (including phenoxy) is 2. The molecule has 298 valence electrons. The van der Waals surface area contributed by atoms with E-state index in [1.807, 2.05) is 48.6 Å². The molecule has 0 radical (unpaired) electrons. The van der Waals surface area contributed by atoms with Crippen molar-refractivity contribution in [3.8, 4) is 0 Å². The number of hydrogen-bond acceptors (Lipinski definition) is 7. The molecule has 0 saturated carbocycles. The minimum absolute atomic E-state index is 0.111. The maximum Gasteiger partial charge on any atom is 0.469 e. The lowest BCUT2D eigenvalue weighted by atomic mass is 10.1. The van der Waals surface area contributed by atoms with Crippen LogP contribution in [-0.4, -0.2) is 52.3 Å². The molecule has 10 heteroatoms. The first-order valence-corrected chi connectivity index (χ1v) is 20.8. The molecule has 0 heterocycles. The van der Waals surface area contributed by atoms with E-state index >= 15 is 0 Å². The lowest BCUT2D eigenvalue weighted by molar-refractivity contribution is -0.161. The summed E-state index contributed by atoms with van der Waals surface area (Å²) in [4.78, 5) is 42.7. The topological polar surface area (TPSA) is 140 Å². The van der Waals surface area contributed by atoms with Crippen LogP contribution in [0, 0.1) is 0 Å². The minimum Gasteiger partial charge on any atom is -0.462 e. The minimum atomic E-state index is -4.79. The second kappa shape index (κ2) is 37.0. The van der Waals surface area contributed by atoms with Crippen molar-refractivity contribution in [3.63, 3.8) is 0 Å². The van der Waals surface area contributed by atoms with Crippen molar-refractivity contribution in [2.24, 2.45) is 0 Å². The molecule has 0 saturated heterocycles. The third kappa shape index (κ3) is 39.7. The van der Waals surface area contributed by atoms with E-state index in [0.717, 1.165) is 57.8 Å². The van der Waals surface area contributed by atoms with Gasteiger partial charge in [-0.3, -0.25) is 14.1 Å². The predicted octanol–water partition coefficient (Wildman–Crippen LogP) is 10.6. The number of carbonyl (C=O) groups excluding carboxylic acids is 2. The molecular formula is C43H67O9P. The van der Waals surface area contributed by atoms with Gasteiger partial charge in [0.1, 0.15) is 6.61 Å². The van der Waals surface area contributed by atoms with Gasteiger partial charge in [-0.1, -0.05) is 136 Å². The number of allylic oxidation sites excluding steroid dienone is 16. The highest BCUT2D eigenvalue weighted by molar-refractivity contribution is 7.46.